The number of methoxy groups -OCH3 is 1. The van der Waals surface area contributed by atoms with E-state index in [0.717, 1.165) is 58.8 Å². The van der Waals surface area contributed by atoms with Gasteiger partial charge in [-0.25, -0.2) is 9.97 Å². The quantitative estimate of drug-likeness (QED) is 0.542. The smallest absolute Gasteiger partial charge is 0.159 e. The Morgan fingerprint density at radius 3 is 2.81 bits per heavy atom. The molecule has 2 N–H and O–H groups in total. The predicted molar refractivity (Wildman–Crippen MR) is 100 cm³/mol. The third-order valence-corrected chi connectivity index (χ3v) is 6.10. The van der Waals surface area contributed by atoms with Crippen molar-refractivity contribution in [3.8, 4) is 28.5 Å². The van der Waals surface area contributed by atoms with E-state index in [1.54, 1.807) is 7.11 Å². The van der Waals surface area contributed by atoms with Gasteiger partial charge in [0.2, 0.25) is 0 Å². The summed E-state index contributed by atoms with van der Waals surface area (Å²) in [4.78, 5) is 13.1. The molecule has 27 heavy (non-hydrogen) atoms. The second-order valence-electron chi connectivity index (χ2n) is 7.50. The molecule has 3 aliphatic rings. The zero-order chi connectivity index (χ0) is 18.1. The topological polar surface area (TPSA) is 83.4 Å². The van der Waals surface area contributed by atoms with Gasteiger partial charge in [0, 0.05) is 34.9 Å². The normalized spacial score (nSPS) is 22.8. The molecule has 0 bridgehead atoms. The molecule has 6 heteroatoms. The number of aromatic nitrogens is 3. The van der Waals surface area contributed by atoms with E-state index in [1.807, 2.05) is 30.5 Å². The fourth-order valence-electron chi connectivity index (χ4n) is 4.65. The fraction of sp³-hybridized carbons (Fsp3) is 0.286. The lowest BCUT2D eigenvalue weighted by molar-refractivity contribution is 0.317. The Labute approximate surface area is 155 Å². The first-order valence-electron chi connectivity index (χ1n) is 9.26. The molecule has 2 unspecified atom stereocenters. The van der Waals surface area contributed by atoms with Crippen molar-refractivity contribution in [2.45, 2.75) is 25.2 Å². The third kappa shape index (κ3) is 1.98. The van der Waals surface area contributed by atoms with E-state index in [9.17, 15) is 5.21 Å². The zero-order valence-electron chi connectivity index (χ0n) is 14.9. The molecule has 3 aromatic rings. The number of nitrogens with zero attached hydrogens (tertiary/aromatic N) is 3. The van der Waals surface area contributed by atoms with Gasteiger partial charge in [-0.1, -0.05) is 5.16 Å². The molecule has 0 aliphatic heterocycles. The van der Waals surface area contributed by atoms with Crippen molar-refractivity contribution in [2.24, 2.45) is 11.1 Å². The van der Waals surface area contributed by atoms with E-state index in [-0.39, 0.29) is 0 Å². The van der Waals surface area contributed by atoms with Gasteiger partial charge in [0.05, 0.1) is 24.2 Å². The lowest BCUT2D eigenvalue weighted by atomic mass is 9.91. The largest absolute Gasteiger partial charge is 0.497 e. The number of nitrogens with one attached hydrogen (secondary N) is 1. The molecule has 1 saturated carbocycles. The van der Waals surface area contributed by atoms with Gasteiger partial charge in [0.15, 0.2) is 5.82 Å². The molecule has 1 aromatic carbocycles. The maximum absolute atomic E-state index is 9.50. The van der Waals surface area contributed by atoms with Gasteiger partial charge >= 0.3 is 0 Å². The van der Waals surface area contributed by atoms with Gasteiger partial charge in [-0.2, -0.15) is 0 Å². The van der Waals surface area contributed by atoms with E-state index >= 15 is 0 Å². The van der Waals surface area contributed by atoms with E-state index in [1.165, 1.54) is 11.3 Å². The maximum atomic E-state index is 9.50. The first kappa shape index (κ1) is 15.0. The Bertz CT molecular complexity index is 1110. The molecule has 2 atom stereocenters. The molecule has 6 rings (SSSR count). The number of hydrogen-bond acceptors (Lipinski definition) is 5. The lowest BCUT2D eigenvalue weighted by Crippen LogP contribution is -2.10. The van der Waals surface area contributed by atoms with Crippen LogP contribution in [0, 0.1) is 5.92 Å². The maximum Gasteiger partial charge on any atom is 0.159 e. The fourth-order valence-corrected chi connectivity index (χ4v) is 4.65. The Morgan fingerprint density at radius 2 is 2.04 bits per heavy atom. The van der Waals surface area contributed by atoms with Crippen LogP contribution in [0.2, 0.25) is 0 Å². The number of benzene rings is 1. The highest BCUT2D eigenvalue weighted by Crippen LogP contribution is 2.58. The van der Waals surface area contributed by atoms with Gasteiger partial charge < -0.3 is 14.9 Å². The van der Waals surface area contributed by atoms with Crippen molar-refractivity contribution in [1.29, 1.82) is 0 Å². The standard InChI is InChI=1S/C21H18N4O2/c1-27-12-5-2-10(3-6-12)21-22-9-11-4-7-13-16-18(23-20(13)17(11)24-21)14-8-15(14)19(16)25-26/h2-3,5-6,9,14-15,23,26H,4,7-8H2,1H3/b25-19-. The summed E-state index contributed by atoms with van der Waals surface area (Å²) >= 11 is 0. The minimum Gasteiger partial charge on any atom is -0.497 e. The van der Waals surface area contributed by atoms with Crippen LogP contribution in [0.3, 0.4) is 0 Å². The number of H-pyrrole nitrogens is 1. The van der Waals surface area contributed by atoms with Crippen molar-refractivity contribution in [3.63, 3.8) is 0 Å². The van der Waals surface area contributed by atoms with Gasteiger partial charge in [-0.3, -0.25) is 0 Å². The number of fused-ring (bicyclic) bond motifs is 7. The summed E-state index contributed by atoms with van der Waals surface area (Å²) in [7, 11) is 1.66. The highest BCUT2D eigenvalue weighted by molar-refractivity contribution is 6.11. The minimum absolute atomic E-state index is 0.406. The number of hydrogen-bond donors (Lipinski definition) is 2. The van der Waals surface area contributed by atoms with Crippen LogP contribution in [0.15, 0.2) is 35.6 Å². The van der Waals surface area contributed by atoms with Crippen LogP contribution in [-0.2, 0) is 12.8 Å². The summed E-state index contributed by atoms with van der Waals surface area (Å²) in [6, 6.07) is 7.79. The zero-order valence-corrected chi connectivity index (χ0v) is 14.9. The molecule has 134 valence electrons. The molecule has 2 heterocycles. The number of ether oxygens (including phenoxy) is 1. The molecular formula is C21H18N4O2. The summed E-state index contributed by atoms with van der Waals surface area (Å²) in [6.45, 7) is 0. The van der Waals surface area contributed by atoms with Crippen molar-refractivity contribution in [2.75, 3.05) is 7.11 Å². The average molecular weight is 358 g/mol. The summed E-state index contributed by atoms with van der Waals surface area (Å²) in [5, 5.41) is 13.1. The SMILES string of the molecule is COc1ccc(-c2ncc3c(n2)-c2[nH]c4c(c2CC3)/C(=N\O)C2CC42)cc1. The Morgan fingerprint density at radius 1 is 1.19 bits per heavy atom. The highest BCUT2D eigenvalue weighted by atomic mass is 16.5. The van der Waals surface area contributed by atoms with Crippen LogP contribution in [-0.4, -0.2) is 33.0 Å². The first-order valence-corrected chi connectivity index (χ1v) is 9.26. The number of oxime groups is 1. The summed E-state index contributed by atoms with van der Waals surface area (Å²) in [5.74, 6) is 2.42. The molecule has 6 nitrogen and oxygen atoms in total. The average Bonchev–Trinajstić information content (AvgIpc) is 3.31. The van der Waals surface area contributed by atoms with Crippen LogP contribution in [0.5, 0.6) is 5.75 Å². The molecule has 0 spiro atoms. The summed E-state index contributed by atoms with van der Waals surface area (Å²) < 4.78 is 5.23. The third-order valence-electron chi connectivity index (χ3n) is 6.10. The van der Waals surface area contributed by atoms with Crippen molar-refractivity contribution < 1.29 is 9.94 Å². The molecule has 0 saturated heterocycles. The molecule has 1 fully saturated rings. The molecule has 2 aromatic heterocycles. The van der Waals surface area contributed by atoms with Gasteiger partial charge in [0.1, 0.15) is 5.75 Å². The monoisotopic (exact) mass is 358 g/mol. The van der Waals surface area contributed by atoms with Gasteiger partial charge in [-0.15, -0.1) is 0 Å². The lowest BCUT2D eigenvalue weighted by Gasteiger charge is -2.17. The Hall–Kier alpha value is -3.15. The Kier molecular flexibility index (Phi) is 2.88. The van der Waals surface area contributed by atoms with Crippen LogP contribution in [0.1, 0.15) is 34.7 Å². The van der Waals surface area contributed by atoms with E-state index in [4.69, 9.17) is 9.72 Å². The summed E-state index contributed by atoms with van der Waals surface area (Å²) in [6.07, 6.45) is 4.86. The van der Waals surface area contributed by atoms with Gasteiger partial charge in [0.25, 0.3) is 0 Å². The molecule has 0 amide bonds. The second-order valence-corrected chi connectivity index (χ2v) is 7.50. The number of aryl methyl sites for hydroxylation is 1. The number of rotatable bonds is 2. The highest BCUT2D eigenvalue weighted by Gasteiger charge is 2.53. The first-order chi connectivity index (χ1) is 13.3. The predicted octanol–water partition coefficient (Wildman–Crippen LogP) is 3.54. The second kappa shape index (κ2) is 5.19. The Balaban J connectivity index is 1.48. The van der Waals surface area contributed by atoms with Crippen LogP contribution >= 0.6 is 0 Å². The van der Waals surface area contributed by atoms with Crippen LogP contribution < -0.4 is 4.74 Å². The van der Waals surface area contributed by atoms with E-state index < -0.39 is 0 Å². The van der Waals surface area contributed by atoms with Crippen molar-refractivity contribution in [1.82, 2.24) is 15.0 Å². The van der Waals surface area contributed by atoms with Crippen molar-refractivity contribution in [3.05, 3.63) is 52.8 Å². The van der Waals surface area contributed by atoms with Crippen LogP contribution in [0.25, 0.3) is 22.8 Å². The minimum atomic E-state index is 0.406. The molecule has 0 radical (unpaired) electrons. The van der Waals surface area contributed by atoms with Gasteiger partial charge in [-0.05, 0) is 54.7 Å². The molecule has 3 aliphatic carbocycles. The number of aromatic amines is 1. The van der Waals surface area contributed by atoms with E-state index in [2.05, 4.69) is 15.1 Å². The van der Waals surface area contributed by atoms with Crippen molar-refractivity contribution >= 4 is 5.71 Å². The summed E-state index contributed by atoms with van der Waals surface area (Å²) in [5.41, 5.74) is 8.65. The molecular weight excluding hydrogens is 340 g/mol. The van der Waals surface area contributed by atoms with E-state index in [0.29, 0.717) is 17.7 Å². The van der Waals surface area contributed by atoms with Crippen LogP contribution in [0.4, 0.5) is 0 Å².